The van der Waals surface area contributed by atoms with Gasteiger partial charge in [0.15, 0.2) is 10.8 Å². The van der Waals surface area contributed by atoms with Gasteiger partial charge in [0.1, 0.15) is 5.01 Å². The summed E-state index contributed by atoms with van der Waals surface area (Å²) in [4.78, 5) is 17.4. The molecule has 2 aromatic heterocycles. The van der Waals surface area contributed by atoms with E-state index >= 15 is 0 Å². The van der Waals surface area contributed by atoms with Crippen molar-refractivity contribution in [3.05, 3.63) is 39.1 Å². The number of nitrogens with one attached hydrogen (secondary N) is 1. The van der Waals surface area contributed by atoms with Crippen LogP contribution in [0.2, 0.25) is 5.15 Å². The number of carbonyl (C=O) groups excluding carboxylic acids is 1. The number of hydrogen-bond donors (Lipinski definition) is 1. The molecule has 19 heavy (non-hydrogen) atoms. The summed E-state index contributed by atoms with van der Waals surface area (Å²) < 4.78 is 0. The molecule has 0 aromatic carbocycles. The molecule has 7 heteroatoms. The molecule has 1 atom stereocenters. The molecule has 2 heterocycles. The second-order valence-corrected chi connectivity index (χ2v) is 5.49. The van der Waals surface area contributed by atoms with Gasteiger partial charge in [-0.15, -0.1) is 21.5 Å². The molecule has 100 valence electrons. The van der Waals surface area contributed by atoms with Crippen molar-refractivity contribution in [2.45, 2.75) is 26.3 Å². The number of halogens is 1. The Bertz CT molecular complexity index is 569. The van der Waals surface area contributed by atoms with Crippen LogP contribution in [0.5, 0.6) is 0 Å². The van der Waals surface area contributed by atoms with Crippen LogP contribution in [0.1, 0.15) is 40.3 Å². The van der Waals surface area contributed by atoms with Crippen molar-refractivity contribution >= 4 is 28.8 Å². The van der Waals surface area contributed by atoms with E-state index in [-0.39, 0.29) is 22.8 Å². The van der Waals surface area contributed by atoms with Gasteiger partial charge in [0.25, 0.3) is 5.91 Å². The number of aryl methyl sites for hydroxylation is 1. The largest absolute Gasteiger partial charge is 0.342 e. The highest BCUT2D eigenvalue weighted by Gasteiger charge is 2.15. The number of nitrogens with zero attached hydrogens (tertiary/aromatic N) is 3. The van der Waals surface area contributed by atoms with Crippen LogP contribution >= 0.6 is 22.9 Å². The maximum atomic E-state index is 11.9. The summed E-state index contributed by atoms with van der Waals surface area (Å²) >= 11 is 7.22. The number of carbonyl (C=O) groups is 1. The van der Waals surface area contributed by atoms with Crippen LogP contribution in [0.4, 0.5) is 0 Å². The average Bonchev–Trinajstić information content (AvgIpc) is 2.88. The first kappa shape index (κ1) is 13.9. The molecule has 0 saturated heterocycles. The fourth-order valence-corrected chi connectivity index (χ4v) is 2.42. The first-order valence-electron chi connectivity index (χ1n) is 5.85. The topological polar surface area (TPSA) is 67.8 Å². The summed E-state index contributed by atoms with van der Waals surface area (Å²) in [6.45, 7) is 3.96. The number of rotatable bonds is 4. The molecule has 5 nitrogen and oxygen atoms in total. The van der Waals surface area contributed by atoms with Gasteiger partial charge >= 0.3 is 0 Å². The highest BCUT2D eigenvalue weighted by Crippen LogP contribution is 2.20. The molecule has 1 unspecified atom stereocenters. The molecule has 0 aliphatic heterocycles. The molecule has 0 saturated carbocycles. The Kier molecular flexibility index (Phi) is 4.44. The Morgan fingerprint density at radius 3 is 2.84 bits per heavy atom. The Morgan fingerprint density at radius 1 is 1.47 bits per heavy atom. The second-order valence-electron chi connectivity index (χ2n) is 3.95. The molecule has 0 fully saturated rings. The summed E-state index contributed by atoms with van der Waals surface area (Å²) in [6, 6.07) is 2.92. The molecule has 0 aliphatic carbocycles. The van der Waals surface area contributed by atoms with Crippen LogP contribution < -0.4 is 5.32 Å². The molecule has 1 amide bonds. The minimum Gasteiger partial charge on any atom is -0.342 e. The first-order valence-corrected chi connectivity index (χ1v) is 7.04. The van der Waals surface area contributed by atoms with Crippen LogP contribution in [-0.2, 0) is 6.42 Å². The molecule has 2 aromatic rings. The van der Waals surface area contributed by atoms with E-state index in [4.69, 9.17) is 11.6 Å². The lowest BCUT2D eigenvalue weighted by molar-refractivity contribution is 0.0933. The lowest BCUT2D eigenvalue weighted by Crippen LogP contribution is -2.27. The molecule has 1 N–H and O–H groups in total. The molecule has 0 aliphatic rings. The maximum absolute atomic E-state index is 11.9. The van der Waals surface area contributed by atoms with E-state index in [2.05, 4.69) is 27.4 Å². The van der Waals surface area contributed by atoms with Crippen LogP contribution in [0, 0.1) is 0 Å². The fourth-order valence-electron chi connectivity index (χ4n) is 1.46. The number of thiazole rings is 1. The lowest BCUT2D eigenvalue weighted by Gasteiger charge is -2.10. The van der Waals surface area contributed by atoms with Gasteiger partial charge in [0, 0.05) is 11.1 Å². The van der Waals surface area contributed by atoms with Gasteiger partial charge < -0.3 is 5.32 Å². The third-order valence-electron chi connectivity index (χ3n) is 2.50. The molecule has 0 spiro atoms. The predicted octanol–water partition coefficient (Wildman–Crippen LogP) is 2.64. The summed E-state index contributed by atoms with van der Waals surface area (Å²) in [5.41, 5.74) is 0.239. The minimum absolute atomic E-state index is 0.157. The van der Waals surface area contributed by atoms with E-state index in [1.54, 1.807) is 11.3 Å². The third kappa shape index (κ3) is 3.48. The smallest absolute Gasteiger partial charge is 0.272 e. The second kappa shape index (κ2) is 6.08. The fraction of sp³-hybridized carbons (Fsp3) is 0.333. The van der Waals surface area contributed by atoms with Crippen LogP contribution in [-0.4, -0.2) is 21.1 Å². The standard InChI is InChI=1S/C12H13ClN4OS/c1-3-8-6-14-12(19-8)7(2)15-11(18)9-4-5-10(13)17-16-9/h4-7H,3H2,1-2H3,(H,15,18). The molecule has 0 bridgehead atoms. The molecule has 0 radical (unpaired) electrons. The normalized spacial score (nSPS) is 12.2. The SMILES string of the molecule is CCc1cnc(C(C)NC(=O)c2ccc(Cl)nn2)s1. The number of amides is 1. The van der Waals surface area contributed by atoms with Crippen molar-refractivity contribution in [2.24, 2.45) is 0 Å². The molecular weight excluding hydrogens is 284 g/mol. The quantitative estimate of drug-likeness (QED) is 0.942. The zero-order valence-electron chi connectivity index (χ0n) is 10.6. The minimum atomic E-state index is -0.287. The third-order valence-corrected chi connectivity index (χ3v) is 4.03. The van der Waals surface area contributed by atoms with E-state index in [0.717, 1.165) is 11.4 Å². The Morgan fingerprint density at radius 2 is 2.26 bits per heavy atom. The zero-order valence-corrected chi connectivity index (χ0v) is 12.1. The summed E-state index contributed by atoms with van der Waals surface area (Å²) in [7, 11) is 0. The molecule has 2 rings (SSSR count). The van der Waals surface area contributed by atoms with Crippen molar-refractivity contribution in [2.75, 3.05) is 0 Å². The van der Waals surface area contributed by atoms with E-state index < -0.39 is 0 Å². The Hall–Kier alpha value is -1.53. The van der Waals surface area contributed by atoms with Crippen molar-refractivity contribution in [1.82, 2.24) is 20.5 Å². The van der Waals surface area contributed by atoms with E-state index in [9.17, 15) is 4.79 Å². The number of aromatic nitrogens is 3. The van der Waals surface area contributed by atoms with Crippen LogP contribution in [0.25, 0.3) is 0 Å². The van der Waals surface area contributed by atoms with E-state index in [1.165, 1.54) is 17.0 Å². The molecular formula is C12H13ClN4OS. The van der Waals surface area contributed by atoms with Crippen molar-refractivity contribution in [3.63, 3.8) is 0 Å². The average molecular weight is 297 g/mol. The van der Waals surface area contributed by atoms with Gasteiger partial charge in [-0.2, -0.15) is 0 Å². The van der Waals surface area contributed by atoms with Crippen LogP contribution in [0.3, 0.4) is 0 Å². The zero-order chi connectivity index (χ0) is 13.8. The highest BCUT2D eigenvalue weighted by molar-refractivity contribution is 7.11. The summed E-state index contributed by atoms with van der Waals surface area (Å²) in [5.74, 6) is -0.287. The lowest BCUT2D eigenvalue weighted by atomic mass is 10.3. The van der Waals surface area contributed by atoms with Gasteiger partial charge in [-0.25, -0.2) is 4.98 Å². The van der Waals surface area contributed by atoms with Crippen LogP contribution in [0.15, 0.2) is 18.3 Å². The number of hydrogen-bond acceptors (Lipinski definition) is 5. The van der Waals surface area contributed by atoms with Gasteiger partial charge in [-0.1, -0.05) is 18.5 Å². The first-order chi connectivity index (χ1) is 9.10. The predicted molar refractivity (Wildman–Crippen MR) is 74.4 cm³/mol. The van der Waals surface area contributed by atoms with Gasteiger partial charge in [0.2, 0.25) is 0 Å². The van der Waals surface area contributed by atoms with E-state index in [1.807, 2.05) is 13.1 Å². The van der Waals surface area contributed by atoms with Gasteiger partial charge in [-0.05, 0) is 25.5 Å². The highest BCUT2D eigenvalue weighted by atomic mass is 35.5. The van der Waals surface area contributed by atoms with E-state index in [0.29, 0.717) is 0 Å². The van der Waals surface area contributed by atoms with Gasteiger partial charge in [-0.3, -0.25) is 4.79 Å². The summed E-state index contributed by atoms with van der Waals surface area (Å²) in [6.07, 6.45) is 2.78. The monoisotopic (exact) mass is 296 g/mol. The Labute approximate surface area is 120 Å². The maximum Gasteiger partial charge on any atom is 0.272 e. The van der Waals surface area contributed by atoms with Crippen molar-refractivity contribution < 1.29 is 4.79 Å². The Balaban J connectivity index is 2.04. The van der Waals surface area contributed by atoms with Crippen molar-refractivity contribution in [1.29, 1.82) is 0 Å². The summed E-state index contributed by atoms with van der Waals surface area (Å²) in [5, 5.41) is 11.4. The van der Waals surface area contributed by atoms with Gasteiger partial charge in [0.05, 0.1) is 6.04 Å². The van der Waals surface area contributed by atoms with Crippen molar-refractivity contribution in [3.8, 4) is 0 Å².